The topological polar surface area (TPSA) is 71.8 Å². The van der Waals surface area contributed by atoms with Crippen LogP contribution < -0.4 is 10.6 Å². The molecule has 2 N–H and O–H groups in total. The molecule has 2 amide bonds. The van der Waals surface area contributed by atoms with E-state index in [2.05, 4.69) is 15.6 Å². The van der Waals surface area contributed by atoms with Crippen LogP contribution in [-0.4, -0.2) is 27.1 Å². The average molecular weight is 357 g/mol. The molecule has 0 saturated carbocycles. The minimum atomic E-state index is -0.235. The lowest BCUT2D eigenvalue weighted by atomic mass is 10.3. The molecule has 2 aromatic heterocycles. The van der Waals surface area contributed by atoms with Crippen molar-refractivity contribution in [2.75, 3.05) is 11.9 Å². The van der Waals surface area contributed by atoms with E-state index >= 15 is 0 Å². The Kier molecular flexibility index (Phi) is 4.78. The average Bonchev–Trinajstić information content (AvgIpc) is 3.07. The maximum atomic E-state index is 12.1. The number of para-hydroxylation sites is 2. The Morgan fingerprint density at radius 2 is 1.67 bits per heavy atom. The molecule has 0 atom stereocenters. The van der Waals surface area contributed by atoms with Crippen LogP contribution in [0.2, 0.25) is 0 Å². The Bertz CT molecular complexity index is 1040. The van der Waals surface area contributed by atoms with E-state index in [1.807, 2.05) is 77.4 Å². The molecule has 0 fully saturated rings. The van der Waals surface area contributed by atoms with Crippen molar-refractivity contribution in [1.29, 1.82) is 0 Å². The zero-order chi connectivity index (χ0) is 18.5. The first-order valence-corrected chi connectivity index (χ1v) is 8.79. The molecule has 0 radical (unpaired) electrons. The molecule has 0 bridgehead atoms. The van der Waals surface area contributed by atoms with Crippen molar-refractivity contribution < 1.29 is 4.79 Å². The van der Waals surface area contributed by atoms with Gasteiger partial charge in [0.2, 0.25) is 0 Å². The largest absolute Gasteiger partial charge is 0.337 e. The lowest BCUT2D eigenvalue weighted by Gasteiger charge is -2.10. The number of rotatable bonds is 5. The van der Waals surface area contributed by atoms with E-state index < -0.39 is 0 Å². The van der Waals surface area contributed by atoms with Crippen LogP contribution in [0.25, 0.3) is 16.9 Å². The van der Waals surface area contributed by atoms with Gasteiger partial charge in [-0.15, -0.1) is 0 Å². The van der Waals surface area contributed by atoms with Gasteiger partial charge in [-0.1, -0.05) is 36.4 Å². The van der Waals surface area contributed by atoms with Crippen molar-refractivity contribution in [2.45, 2.75) is 6.42 Å². The number of hydrogen-bond donors (Lipinski definition) is 2. The Morgan fingerprint density at radius 3 is 2.44 bits per heavy atom. The number of nitrogens with zero attached hydrogens (tertiary/aromatic N) is 3. The summed E-state index contributed by atoms with van der Waals surface area (Å²) in [6, 6.07) is 22.9. The van der Waals surface area contributed by atoms with E-state index in [0.29, 0.717) is 13.0 Å². The van der Waals surface area contributed by atoms with E-state index in [9.17, 15) is 4.79 Å². The lowest BCUT2D eigenvalue weighted by molar-refractivity contribution is 0.252. The monoisotopic (exact) mass is 357 g/mol. The molecule has 4 rings (SSSR count). The number of fused-ring (bicyclic) bond motifs is 1. The zero-order valence-corrected chi connectivity index (χ0v) is 14.7. The molecule has 0 saturated heterocycles. The summed E-state index contributed by atoms with van der Waals surface area (Å²) >= 11 is 0. The Morgan fingerprint density at radius 1 is 0.926 bits per heavy atom. The zero-order valence-electron chi connectivity index (χ0n) is 14.7. The van der Waals surface area contributed by atoms with Crippen LogP contribution in [-0.2, 0) is 6.42 Å². The normalized spacial score (nSPS) is 10.7. The van der Waals surface area contributed by atoms with E-state index in [0.717, 1.165) is 28.4 Å². The fourth-order valence-corrected chi connectivity index (χ4v) is 2.96. The highest BCUT2D eigenvalue weighted by Gasteiger charge is 2.13. The van der Waals surface area contributed by atoms with Crippen molar-refractivity contribution in [1.82, 2.24) is 19.9 Å². The number of imidazole rings is 1. The predicted octanol–water partition coefficient (Wildman–Crippen LogP) is 3.78. The maximum Gasteiger partial charge on any atom is 0.319 e. The number of anilines is 1. The molecule has 2 heterocycles. The second-order valence-corrected chi connectivity index (χ2v) is 6.04. The second-order valence-electron chi connectivity index (χ2n) is 6.04. The third-order valence-electron chi connectivity index (χ3n) is 4.17. The minimum absolute atomic E-state index is 0.235. The lowest BCUT2D eigenvalue weighted by Crippen LogP contribution is -2.30. The van der Waals surface area contributed by atoms with Crippen molar-refractivity contribution in [3.05, 3.63) is 84.8 Å². The summed E-state index contributed by atoms with van der Waals surface area (Å²) in [4.78, 5) is 21.2. The third kappa shape index (κ3) is 3.79. The van der Waals surface area contributed by atoms with Crippen LogP contribution in [0.1, 0.15) is 5.82 Å². The number of pyridine rings is 1. The van der Waals surface area contributed by atoms with Gasteiger partial charge >= 0.3 is 6.03 Å². The van der Waals surface area contributed by atoms with Gasteiger partial charge in [-0.3, -0.25) is 4.57 Å². The SMILES string of the molecule is O=C(NCCc1nc2cccnc2n1-c1ccccc1)Nc1ccccc1. The fourth-order valence-electron chi connectivity index (χ4n) is 2.96. The maximum absolute atomic E-state index is 12.1. The first-order valence-electron chi connectivity index (χ1n) is 8.79. The fraction of sp³-hybridized carbons (Fsp3) is 0.0952. The number of carbonyl (C=O) groups is 1. The summed E-state index contributed by atoms with van der Waals surface area (Å²) in [7, 11) is 0. The van der Waals surface area contributed by atoms with E-state index in [1.165, 1.54) is 0 Å². The van der Waals surface area contributed by atoms with Crippen LogP contribution >= 0.6 is 0 Å². The summed E-state index contributed by atoms with van der Waals surface area (Å²) in [5.74, 6) is 0.856. The molecule has 0 unspecified atom stereocenters. The minimum Gasteiger partial charge on any atom is -0.337 e. The molecule has 27 heavy (non-hydrogen) atoms. The van der Waals surface area contributed by atoms with Crippen LogP contribution in [0.3, 0.4) is 0 Å². The summed E-state index contributed by atoms with van der Waals surface area (Å²) < 4.78 is 2.03. The highest BCUT2D eigenvalue weighted by atomic mass is 16.2. The predicted molar refractivity (Wildman–Crippen MR) is 106 cm³/mol. The summed E-state index contributed by atoms with van der Waals surface area (Å²) in [6.45, 7) is 0.467. The van der Waals surface area contributed by atoms with Crippen molar-refractivity contribution in [2.24, 2.45) is 0 Å². The van der Waals surface area contributed by atoms with Gasteiger partial charge in [-0.05, 0) is 36.4 Å². The number of amides is 2. The molecule has 6 nitrogen and oxygen atoms in total. The highest BCUT2D eigenvalue weighted by Crippen LogP contribution is 2.19. The molecule has 0 aliphatic heterocycles. The van der Waals surface area contributed by atoms with Gasteiger partial charge in [0.25, 0.3) is 0 Å². The van der Waals surface area contributed by atoms with Gasteiger partial charge < -0.3 is 10.6 Å². The number of benzene rings is 2. The van der Waals surface area contributed by atoms with Crippen molar-refractivity contribution in [3.8, 4) is 5.69 Å². The van der Waals surface area contributed by atoms with Crippen LogP contribution in [0.15, 0.2) is 79.0 Å². The Labute approximate surface area is 156 Å². The summed E-state index contributed by atoms with van der Waals surface area (Å²) in [5.41, 5.74) is 3.41. The molecular formula is C21H19N5O. The number of aromatic nitrogens is 3. The van der Waals surface area contributed by atoms with Gasteiger partial charge in [0.05, 0.1) is 0 Å². The van der Waals surface area contributed by atoms with Crippen LogP contribution in [0.4, 0.5) is 10.5 Å². The molecule has 0 spiro atoms. The van der Waals surface area contributed by atoms with E-state index in [-0.39, 0.29) is 6.03 Å². The number of carbonyl (C=O) groups excluding carboxylic acids is 1. The molecular weight excluding hydrogens is 338 g/mol. The van der Waals surface area contributed by atoms with Gasteiger partial charge in [0.15, 0.2) is 5.65 Å². The van der Waals surface area contributed by atoms with Crippen LogP contribution in [0.5, 0.6) is 0 Å². The smallest absolute Gasteiger partial charge is 0.319 e. The quantitative estimate of drug-likeness (QED) is 0.571. The molecule has 134 valence electrons. The van der Waals surface area contributed by atoms with E-state index in [1.54, 1.807) is 6.20 Å². The molecule has 2 aromatic carbocycles. The first kappa shape index (κ1) is 16.8. The van der Waals surface area contributed by atoms with Crippen molar-refractivity contribution >= 4 is 22.9 Å². The Hall–Kier alpha value is -3.67. The summed E-state index contributed by atoms with van der Waals surface area (Å²) in [6.07, 6.45) is 2.35. The number of urea groups is 1. The van der Waals surface area contributed by atoms with Gasteiger partial charge in [-0.2, -0.15) is 0 Å². The molecule has 6 heteroatoms. The Balaban J connectivity index is 1.50. The summed E-state index contributed by atoms with van der Waals surface area (Å²) in [5, 5.41) is 5.69. The van der Waals surface area contributed by atoms with Crippen molar-refractivity contribution in [3.63, 3.8) is 0 Å². The number of nitrogens with one attached hydrogen (secondary N) is 2. The molecule has 0 aliphatic rings. The third-order valence-corrected chi connectivity index (χ3v) is 4.17. The highest BCUT2D eigenvalue weighted by molar-refractivity contribution is 5.89. The number of hydrogen-bond acceptors (Lipinski definition) is 3. The van der Waals surface area contributed by atoms with Gasteiger partial charge in [0.1, 0.15) is 11.3 Å². The first-order chi connectivity index (χ1) is 13.3. The van der Waals surface area contributed by atoms with Gasteiger partial charge in [0, 0.05) is 30.5 Å². The van der Waals surface area contributed by atoms with Crippen LogP contribution in [0, 0.1) is 0 Å². The molecule has 4 aromatic rings. The molecule has 0 aliphatic carbocycles. The second kappa shape index (κ2) is 7.70. The van der Waals surface area contributed by atoms with Gasteiger partial charge in [-0.25, -0.2) is 14.8 Å². The van der Waals surface area contributed by atoms with E-state index in [4.69, 9.17) is 4.98 Å². The standard InChI is InChI=1S/C21H19N5O/c27-21(24-16-8-3-1-4-9-16)23-15-13-19-25-18-12-7-14-22-20(18)26(19)17-10-5-2-6-11-17/h1-12,14H,13,15H2,(H2,23,24,27).